The van der Waals surface area contributed by atoms with Crippen molar-refractivity contribution < 1.29 is 9.21 Å². The van der Waals surface area contributed by atoms with E-state index in [1.807, 2.05) is 0 Å². The summed E-state index contributed by atoms with van der Waals surface area (Å²) in [6, 6.07) is 1.67. The first-order valence-corrected chi connectivity index (χ1v) is 6.66. The molecule has 1 aromatic heterocycles. The number of amides is 1. The molecule has 1 aliphatic carbocycles. The molecule has 0 bridgehead atoms. The zero-order valence-corrected chi connectivity index (χ0v) is 10.6. The molecular formula is C13H18ClNO2. The Hall–Kier alpha value is -0.960. The van der Waals surface area contributed by atoms with Gasteiger partial charge in [0.05, 0.1) is 11.8 Å². The minimum atomic E-state index is -0.0752. The number of nitrogens with one attached hydrogen (secondary N) is 1. The number of carbonyl (C=O) groups excluding carboxylic acids is 1. The highest BCUT2D eigenvalue weighted by Gasteiger charge is 2.31. The summed E-state index contributed by atoms with van der Waals surface area (Å²) in [4.78, 5) is 11.8. The van der Waals surface area contributed by atoms with Crippen LogP contribution in [0.25, 0.3) is 0 Å². The van der Waals surface area contributed by atoms with Crippen molar-refractivity contribution in [2.75, 3.05) is 12.4 Å². The molecule has 0 saturated heterocycles. The van der Waals surface area contributed by atoms with Crippen LogP contribution in [0.5, 0.6) is 0 Å². The van der Waals surface area contributed by atoms with Crippen molar-refractivity contribution in [2.24, 2.45) is 5.41 Å². The first kappa shape index (κ1) is 12.5. The quantitative estimate of drug-likeness (QED) is 0.840. The molecule has 1 N–H and O–H groups in total. The van der Waals surface area contributed by atoms with Gasteiger partial charge in [0.2, 0.25) is 0 Å². The van der Waals surface area contributed by atoms with E-state index in [9.17, 15) is 4.79 Å². The van der Waals surface area contributed by atoms with E-state index >= 15 is 0 Å². The lowest BCUT2D eigenvalue weighted by Crippen LogP contribution is -2.40. The van der Waals surface area contributed by atoms with Crippen LogP contribution >= 0.6 is 11.6 Å². The molecule has 0 aliphatic heterocycles. The highest BCUT2D eigenvalue weighted by Crippen LogP contribution is 2.36. The molecule has 1 heterocycles. The third kappa shape index (κ3) is 3.03. The van der Waals surface area contributed by atoms with Gasteiger partial charge in [-0.15, -0.1) is 11.6 Å². The zero-order valence-electron chi connectivity index (χ0n) is 9.88. The van der Waals surface area contributed by atoms with Crippen molar-refractivity contribution >= 4 is 17.5 Å². The van der Waals surface area contributed by atoms with Crippen LogP contribution in [0.1, 0.15) is 42.5 Å². The van der Waals surface area contributed by atoms with E-state index < -0.39 is 0 Å². The zero-order chi connectivity index (χ0) is 12.1. The highest BCUT2D eigenvalue weighted by atomic mass is 35.5. The smallest absolute Gasteiger partial charge is 0.254 e. The second kappa shape index (κ2) is 5.58. The predicted octanol–water partition coefficient (Wildman–Crippen LogP) is 3.20. The molecular weight excluding hydrogens is 238 g/mol. The van der Waals surface area contributed by atoms with Crippen LogP contribution in [0.3, 0.4) is 0 Å². The summed E-state index contributed by atoms with van der Waals surface area (Å²) < 4.78 is 4.89. The Balaban J connectivity index is 1.89. The normalized spacial score (nSPS) is 18.9. The molecule has 0 atom stereocenters. The van der Waals surface area contributed by atoms with Gasteiger partial charge in [0.25, 0.3) is 5.91 Å². The second-order valence-electron chi connectivity index (χ2n) is 4.89. The van der Waals surface area contributed by atoms with Crippen LogP contribution in [-0.2, 0) is 0 Å². The summed E-state index contributed by atoms with van der Waals surface area (Å²) in [7, 11) is 0. The molecule has 1 aliphatic rings. The second-order valence-corrected chi connectivity index (χ2v) is 5.16. The molecule has 3 nitrogen and oxygen atoms in total. The predicted molar refractivity (Wildman–Crippen MR) is 67.3 cm³/mol. The van der Waals surface area contributed by atoms with Crippen LogP contribution in [0.2, 0.25) is 0 Å². The molecule has 0 radical (unpaired) electrons. The van der Waals surface area contributed by atoms with Crippen molar-refractivity contribution in [1.29, 1.82) is 0 Å². The van der Waals surface area contributed by atoms with E-state index in [2.05, 4.69) is 5.32 Å². The molecule has 1 aromatic rings. The Bertz CT molecular complexity index is 356. The summed E-state index contributed by atoms with van der Waals surface area (Å²) >= 11 is 6.08. The fourth-order valence-corrected chi connectivity index (χ4v) is 2.78. The maximum absolute atomic E-state index is 11.8. The number of halogens is 1. The fraction of sp³-hybridized carbons (Fsp3) is 0.615. The van der Waals surface area contributed by atoms with Crippen molar-refractivity contribution in [1.82, 2.24) is 5.32 Å². The molecule has 2 rings (SSSR count). The van der Waals surface area contributed by atoms with Crippen LogP contribution in [0.4, 0.5) is 0 Å². The Morgan fingerprint density at radius 1 is 1.41 bits per heavy atom. The molecule has 94 valence electrons. The minimum absolute atomic E-state index is 0.0752. The average Bonchev–Trinajstić information content (AvgIpc) is 2.91. The van der Waals surface area contributed by atoms with Crippen molar-refractivity contribution in [2.45, 2.75) is 32.1 Å². The molecule has 17 heavy (non-hydrogen) atoms. The topological polar surface area (TPSA) is 42.2 Å². The van der Waals surface area contributed by atoms with Gasteiger partial charge in [0.15, 0.2) is 0 Å². The number of rotatable bonds is 4. The molecule has 0 unspecified atom stereocenters. The van der Waals surface area contributed by atoms with Gasteiger partial charge in [0.1, 0.15) is 6.26 Å². The number of furan rings is 1. The van der Waals surface area contributed by atoms with Crippen LogP contribution in [0.15, 0.2) is 23.0 Å². The third-order valence-corrected chi connectivity index (χ3v) is 4.17. The molecule has 1 amide bonds. The van der Waals surface area contributed by atoms with Crippen LogP contribution in [0, 0.1) is 5.41 Å². The van der Waals surface area contributed by atoms with Gasteiger partial charge < -0.3 is 9.73 Å². The Labute approximate surface area is 107 Å². The van der Waals surface area contributed by atoms with Crippen molar-refractivity contribution in [3.8, 4) is 0 Å². The molecule has 1 saturated carbocycles. The summed E-state index contributed by atoms with van der Waals surface area (Å²) in [5.41, 5.74) is 0.671. The third-order valence-electron chi connectivity index (χ3n) is 3.60. The van der Waals surface area contributed by atoms with Gasteiger partial charge in [-0.2, -0.15) is 0 Å². The lowest BCUT2D eigenvalue weighted by atomic mass is 9.75. The maximum atomic E-state index is 11.8. The first-order chi connectivity index (χ1) is 8.26. The monoisotopic (exact) mass is 255 g/mol. The first-order valence-electron chi connectivity index (χ1n) is 6.12. The van der Waals surface area contributed by atoms with Gasteiger partial charge in [-0.1, -0.05) is 19.3 Å². The summed E-state index contributed by atoms with van der Waals surface area (Å²) in [6.07, 6.45) is 8.91. The van der Waals surface area contributed by atoms with E-state index in [-0.39, 0.29) is 11.3 Å². The Kier molecular flexibility index (Phi) is 4.11. The van der Waals surface area contributed by atoms with Crippen molar-refractivity contribution in [3.63, 3.8) is 0 Å². The van der Waals surface area contributed by atoms with Gasteiger partial charge in [-0.05, 0) is 18.9 Å². The van der Waals surface area contributed by atoms with E-state index in [1.165, 1.54) is 31.8 Å². The highest BCUT2D eigenvalue weighted by molar-refractivity contribution is 6.18. The summed E-state index contributed by atoms with van der Waals surface area (Å²) in [6.45, 7) is 0.667. The number of alkyl halides is 1. The number of hydrogen-bond acceptors (Lipinski definition) is 2. The molecule has 0 aromatic carbocycles. The van der Waals surface area contributed by atoms with E-state index in [0.717, 1.165) is 12.8 Å². The lowest BCUT2D eigenvalue weighted by molar-refractivity contribution is 0.0920. The van der Waals surface area contributed by atoms with E-state index in [1.54, 1.807) is 6.07 Å². The van der Waals surface area contributed by atoms with Gasteiger partial charge in [-0.25, -0.2) is 0 Å². The van der Waals surface area contributed by atoms with Gasteiger partial charge >= 0.3 is 0 Å². The van der Waals surface area contributed by atoms with Crippen molar-refractivity contribution in [3.05, 3.63) is 24.2 Å². The Morgan fingerprint density at radius 3 is 2.76 bits per heavy atom. The van der Waals surface area contributed by atoms with Crippen LogP contribution < -0.4 is 5.32 Å². The average molecular weight is 256 g/mol. The molecule has 1 fully saturated rings. The molecule has 0 spiro atoms. The minimum Gasteiger partial charge on any atom is -0.472 e. The molecule has 4 heteroatoms. The maximum Gasteiger partial charge on any atom is 0.254 e. The summed E-state index contributed by atoms with van der Waals surface area (Å²) in [5, 5.41) is 2.96. The SMILES string of the molecule is O=C(NCC1(CCl)CCCCC1)c1ccoc1. The largest absolute Gasteiger partial charge is 0.472 e. The fourth-order valence-electron chi connectivity index (χ4n) is 2.42. The number of carbonyl (C=O) groups is 1. The van der Waals surface area contributed by atoms with Gasteiger partial charge in [0, 0.05) is 17.8 Å². The lowest BCUT2D eigenvalue weighted by Gasteiger charge is -2.35. The Morgan fingerprint density at radius 2 is 2.18 bits per heavy atom. The van der Waals surface area contributed by atoms with Gasteiger partial charge in [-0.3, -0.25) is 4.79 Å². The number of hydrogen-bond donors (Lipinski definition) is 1. The van der Waals surface area contributed by atoms with Crippen LogP contribution in [-0.4, -0.2) is 18.3 Å². The van der Waals surface area contributed by atoms with E-state index in [4.69, 9.17) is 16.0 Å². The van der Waals surface area contributed by atoms with E-state index in [0.29, 0.717) is 18.0 Å². The standard InChI is InChI=1S/C13H18ClNO2/c14-9-13(5-2-1-3-6-13)10-15-12(16)11-4-7-17-8-11/h4,7-8H,1-3,5-6,9-10H2,(H,15,16). The summed E-state index contributed by atoms with van der Waals surface area (Å²) in [5.74, 6) is 0.549.